The minimum Gasteiger partial charge on any atom is -0.280 e. The summed E-state index contributed by atoms with van der Waals surface area (Å²) in [4.78, 5) is 10.1. The molecule has 0 radical (unpaired) electrons. The second kappa shape index (κ2) is 1.66. The number of hydrazine groups is 1. The maximum atomic E-state index is 5.11. The number of nitrogens with zero attached hydrogens (tertiary/aromatic N) is 2. The average molecular weight is 116 g/mol. The third-order valence-electron chi connectivity index (χ3n) is 1.30. The van der Waals surface area contributed by atoms with Crippen molar-refractivity contribution >= 4 is 0 Å². The molecule has 4 heteroatoms. The van der Waals surface area contributed by atoms with Gasteiger partial charge in [-0.2, -0.15) is 0 Å². The van der Waals surface area contributed by atoms with E-state index >= 15 is 0 Å². The average Bonchev–Trinajstić information content (AvgIpc) is 1.72. The fourth-order valence-electron chi connectivity index (χ4n) is 0.834. The van der Waals surface area contributed by atoms with Gasteiger partial charge in [0.2, 0.25) is 0 Å². The van der Waals surface area contributed by atoms with E-state index in [4.69, 9.17) is 9.68 Å². The largest absolute Gasteiger partial charge is 0.280 e. The molecule has 0 spiro atoms. The third kappa shape index (κ3) is 0.545. The lowest BCUT2D eigenvalue weighted by Crippen LogP contribution is -2.57. The zero-order valence-corrected chi connectivity index (χ0v) is 4.54. The molecule has 0 aromatic carbocycles. The summed E-state index contributed by atoms with van der Waals surface area (Å²) >= 11 is 0. The molecule has 0 aromatic heterocycles. The van der Waals surface area contributed by atoms with Crippen molar-refractivity contribution in [1.29, 1.82) is 0 Å². The van der Waals surface area contributed by atoms with Gasteiger partial charge in [-0.25, -0.2) is 0 Å². The highest BCUT2D eigenvalue weighted by atomic mass is 16.9. The van der Waals surface area contributed by atoms with Crippen LogP contribution in [-0.4, -0.2) is 30.2 Å². The van der Waals surface area contributed by atoms with Crippen molar-refractivity contribution in [3.63, 3.8) is 0 Å². The van der Waals surface area contributed by atoms with Crippen LogP contribution in [0.25, 0.3) is 0 Å². The maximum absolute atomic E-state index is 5.11. The van der Waals surface area contributed by atoms with E-state index in [1.165, 1.54) is 0 Å². The molecule has 0 atom stereocenters. The summed E-state index contributed by atoms with van der Waals surface area (Å²) in [5.41, 5.74) is 0. The summed E-state index contributed by atoms with van der Waals surface area (Å²) < 4.78 is 0. The lowest BCUT2D eigenvalue weighted by molar-refractivity contribution is -0.542. The van der Waals surface area contributed by atoms with Gasteiger partial charge in [-0.15, -0.1) is 0 Å². The van der Waals surface area contributed by atoms with Gasteiger partial charge in [0.1, 0.15) is 0 Å². The molecule has 2 fully saturated rings. The molecule has 4 nitrogen and oxygen atoms in total. The lowest BCUT2D eigenvalue weighted by Gasteiger charge is -2.43. The van der Waals surface area contributed by atoms with Crippen molar-refractivity contribution in [1.82, 2.24) is 10.3 Å². The van der Waals surface area contributed by atoms with Gasteiger partial charge < -0.3 is 0 Å². The van der Waals surface area contributed by atoms with E-state index < -0.39 is 0 Å². The van der Waals surface area contributed by atoms with Gasteiger partial charge in [0.25, 0.3) is 0 Å². The van der Waals surface area contributed by atoms with E-state index in [9.17, 15) is 0 Å². The van der Waals surface area contributed by atoms with Crippen LogP contribution in [0.3, 0.4) is 0 Å². The summed E-state index contributed by atoms with van der Waals surface area (Å²) in [6.07, 6.45) is 1.07. The molecule has 46 valence electrons. The van der Waals surface area contributed by atoms with Crippen LogP contribution >= 0.6 is 0 Å². The molecule has 0 aliphatic carbocycles. The van der Waals surface area contributed by atoms with Crippen LogP contribution in [0, 0.1) is 0 Å². The zero-order valence-electron chi connectivity index (χ0n) is 4.54. The predicted octanol–water partition coefficient (Wildman–Crippen LogP) is -0.257. The molecule has 2 rings (SSSR count). The molecule has 0 aromatic rings. The number of hydrogen-bond donors (Lipinski definition) is 0. The van der Waals surface area contributed by atoms with Crippen molar-refractivity contribution in [3.05, 3.63) is 0 Å². The molecule has 0 bridgehead atoms. The van der Waals surface area contributed by atoms with E-state index in [1.54, 1.807) is 10.3 Å². The van der Waals surface area contributed by atoms with Gasteiger partial charge in [0.15, 0.2) is 6.73 Å². The van der Waals surface area contributed by atoms with E-state index in [2.05, 4.69) is 0 Å². The van der Waals surface area contributed by atoms with Crippen LogP contribution in [0.1, 0.15) is 6.42 Å². The van der Waals surface area contributed by atoms with Gasteiger partial charge in [-0.05, 0) is 6.42 Å². The summed E-state index contributed by atoms with van der Waals surface area (Å²) in [6.45, 7) is 2.40. The summed E-state index contributed by atoms with van der Waals surface area (Å²) in [6, 6.07) is 0. The van der Waals surface area contributed by atoms with Crippen LogP contribution < -0.4 is 0 Å². The van der Waals surface area contributed by atoms with Crippen molar-refractivity contribution in [2.45, 2.75) is 6.42 Å². The summed E-state index contributed by atoms with van der Waals surface area (Å²) in [5.74, 6) is 0. The van der Waals surface area contributed by atoms with Gasteiger partial charge in [0.05, 0.1) is 6.61 Å². The first-order valence-electron chi connectivity index (χ1n) is 2.77. The first-order chi connectivity index (χ1) is 3.97. The summed E-state index contributed by atoms with van der Waals surface area (Å²) in [7, 11) is 0. The van der Waals surface area contributed by atoms with E-state index in [0.29, 0.717) is 6.73 Å². The first-order valence-corrected chi connectivity index (χ1v) is 2.77. The molecule has 0 saturated carbocycles. The summed E-state index contributed by atoms with van der Waals surface area (Å²) in [5, 5.41) is 3.45. The SMILES string of the molecule is C1CON2CON2C1. The lowest BCUT2D eigenvalue weighted by atomic mass is 10.4. The molecule has 2 heterocycles. The van der Waals surface area contributed by atoms with Crippen LogP contribution in [0.2, 0.25) is 0 Å². The number of rotatable bonds is 0. The van der Waals surface area contributed by atoms with Gasteiger partial charge >= 0.3 is 0 Å². The van der Waals surface area contributed by atoms with Crippen molar-refractivity contribution in [3.8, 4) is 0 Å². The molecule has 8 heavy (non-hydrogen) atoms. The zero-order chi connectivity index (χ0) is 5.40. The highest BCUT2D eigenvalue weighted by molar-refractivity contribution is 4.49. The third-order valence-corrected chi connectivity index (χ3v) is 1.30. The van der Waals surface area contributed by atoms with Crippen molar-refractivity contribution in [2.24, 2.45) is 0 Å². The Morgan fingerprint density at radius 2 is 2.12 bits per heavy atom. The number of fused-ring (bicyclic) bond motifs is 1. The molecule has 0 amide bonds. The van der Waals surface area contributed by atoms with Crippen molar-refractivity contribution < 1.29 is 9.68 Å². The highest BCUT2D eigenvalue weighted by Crippen LogP contribution is 2.16. The quantitative estimate of drug-likeness (QED) is 0.435. The molecular weight excluding hydrogens is 108 g/mol. The van der Waals surface area contributed by atoms with E-state index in [1.807, 2.05) is 0 Å². The Bertz CT molecular complexity index is 86.0. The van der Waals surface area contributed by atoms with Crippen molar-refractivity contribution in [2.75, 3.05) is 19.9 Å². The standard InChI is InChI=1S/C4H8N2O2/c1-2-5-6(4-8-5)7-3-1/h1-4H2. The number of hydrogen-bond acceptors (Lipinski definition) is 4. The Morgan fingerprint density at radius 3 is 2.50 bits per heavy atom. The molecular formula is C4H8N2O2. The number of hydroxylamine groups is 2. The van der Waals surface area contributed by atoms with E-state index in [0.717, 1.165) is 19.6 Å². The minimum absolute atomic E-state index is 0.597. The maximum Gasteiger partial charge on any atom is 0.164 e. The predicted molar refractivity (Wildman–Crippen MR) is 25.1 cm³/mol. The molecule has 0 unspecified atom stereocenters. The van der Waals surface area contributed by atoms with Gasteiger partial charge in [-0.3, -0.25) is 9.68 Å². The molecule has 2 saturated heterocycles. The molecule has 0 N–H and O–H groups in total. The Kier molecular flexibility index (Phi) is 0.976. The topological polar surface area (TPSA) is 24.9 Å². The second-order valence-corrected chi connectivity index (χ2v) is 1.87. The van der Waals surface area contributed by atoms with Crippen LogP contribution in [0.5, 0.6) is 0 Å². The van der Waals surface area contributed by atoms with Crippen LogP contribution in [0.15, 0.2) is 0 Å². The van der Waals surface area contributed by atoms with Gasteiger partial charge in [0, 0.05) is 6.54 Å². The Hall–Kier alpha value is -0.160. The highest BCUT2D eigenvalue weighted by Gasteiger charge is 2.30. The first kappa shape index (κ1) is 4.69. The van der Waals surface area contributed by atoms with Gasteiger partial charge in [-0.1, -0.05) is 10.3 Å². The molecule has 2 aliphatic heterocycles. The fraction of sp³-hybridized carbons (Fsp3) is 1.00. The van der Waals surface area contributed by atoms with Crippen LogP contribution in [-0.2, 0) is 9.68 Å². The smallest absolute Gasteiger partial charge is 0.164 e. The monoisotopic (exact) mass is 116 g/mol. The Labute approximate surface area is 47.4 Å². The Balaban J connectivity index is 1.92. The minimum atomic E-state index is 0.597. The second-order valence-electron chi connectivity index (χ2n) is 1.87. The van der Waals surface area contributed by atoms with Crippen LogP contribution in [0.4, 0.5) is 0 Å². The Morgan fingerprint density at radius 1 is 1.12 bits per heavy atom. The molecule has 2 aliphatic rings. The normalized spacial score (nSPS) is 31.5. The van der Waals surface area contributed by atoms with E-state index in [-0.39, 0.29) is 0 Å². The fourth-order valence-corrected chi connectivity index (χ4v) is 0.834.